The summed E-state index contributed by atoms with van der Waals surface area (Å²) >= 11 is 6.32. The number of carbonyl (C=O) groups excluding carboxylic acids is 1. The molecule has 1 aromatic carbocycles. The van der Waals surface area contributed by atoms with Crippen LogP contribution in [0, 0.1) is 0 Å². The van der Waals surface area contributed by atoms with Gasteiger partial charge in [0.25, 0.3) is 5.91 Å². The van der Waals surface area contributed by atoms with Crippen LogP contribution in [0.1, 0.15) is 60.3 Å². The largest absolute Gasteiger partial charge is 0.338 e. The summed E-state index contributed by atoms with van der Waals surface area (Å²) in [7, 11) is 0. The van der Waals surface area contributed by atoms with E-state index in [9.17, 15) is 4.79 Å². The molecule has 0 spiro atoms. The van der Waals surface area contributed by atoms with Crippen molar-refractivity contribution in [3.05, 3.63) is 46.5 Å². The van der Waals surface area contributed by atoms with Gasteiger partial charge in [-0.2, -0.15) is 5.10 Å². The van der Waals surface area contributed by atoms with E-state index in [4.69, 9.17) is 11.6 Å². The van der Waals surface area contributed by atoms with Gasteiger partial charge in [0.05, 0.1) is 0 Å². The van der Waals surface area contributed by atoms with E-state index in [-0.39, 0.29) is 11.8 Å². The van der Waals surface area contributed by atoms with Crippen molar-refractivity contribution in [2.75, 3.05) is 13.1 Å². The number of aromatic nitrogens is 3. The quantitative estimate of drug-likeness (QED) is 0.934. The number of aromatic amines is 1. The maximum Gasteiger partial charge on any atom is 0.253 e. The third kappa shape index (κ3) is 3.39. The Morgan fingerprint density at radius 2 is 2.26 bits per heavy atom. The zero-order valence-electron chi connectivity index (χ0n) is 13.4. The normalized spacial score (nSPS) is 18.4. The molecule has 3 rings (SSSR count). The van der Waals surface area contributed by atoms with Crippen LogP contribution in [-0.2, 0) is 0 Å². The summed E-state index contributed by atoms with van der Waals surface area (Å²) in [4.78, 5) is 18.9. The van der Waals surface area contributed by atoms with E-state index in [2.05, 4.69) is 29.0 Å². The van der Waals surface area contributed by atoms with Crippen molar-refractivity contribution in [3.63, 3.8) is 0 Å². The summed E-state index contributed by atoms with van der Waals surface area (Å²) in [5, 5.41) is 7.48. The minimum absolute atomic E-state index is 0.0337. The summed E-state index contributed by atoms with van der Waals surface area (Å²) in [6.07, 6.45) is 3.50. The topological polar surface area (TPSA) is 61.9 Å². The zero-order chi connectivity index (χ0) is 16.4. The fourth-order valence-electron chi connectivity index (χ4n) is 3.11. The molecule has 0 saturated carbocycles. The summed E-state index contributed by atoms with van der Waals surface area (Å²) in [5.74, 6) is 1.46. The zero-order valence-corrected chi connectivity index (χ0v) is 14.2. The Kier molecular flexibility index (Phi) is 4.66. The van der Waals surface area contributed by atoms with Crippen LogP contribution >= 0.6 is 11.6 Å². The molecule has 1 fully saturated rings. The number of halogens is 1. The van der Waals surface area contributed by atoms with Crippen LogP contribution in [0.4, 0.5) is 0 Å². The molecule has 1 amide bonds. The minimum Gasteiger partial charge on any atom is -0.338 e. The lowest BCUT2D eigenvalue weighted by molar-refractivity contribution is 0.0704. The third-order valence-electron chi connectivity index (χ3n) is 4.40. The first-order chi connectivity index (χ1) is 11.1. The first kappa shape index (κ1) is 16.0. The molecule has 1 atom stereocenters. The fourth-order valence-corrected chi connectivity index (χ4v) is 3.51. The Morgan fingerprint density at radius 3 is 2.91 bits per heavy atom. The molecule has 1 unspecified atom stereocenters. The molecule has 1 aliphatic rings. The van der Waals surface area contributed by atoms with Crippen LogP contribution in [0.3, 0.4) is 0 Å². The van der Waals surface area contributed by atoms with Gasteiger partial charge in [0, 0.05) is 29.6 Å². The smallest absolute Gasteiger partial charge is 0.253 e. The van der Waals surface area contributed by atoms with Gasteiger partial charge in [0.1, 0.15) is 12.2 Å². The molecule has 2 aromatic rings. The molecule has 1 aromatic heterocycles. The van der Waals surface area contributed by atoms with Crippen LogP contribution in [0.15, 0.2) is 24.5 Å². The lowest BCUT2D eigenvalue weighted by Gasteiger charge is -2.31. The first-order valence-corrected chi connectivity index (χ1v) is 8.38. The molecule has 1 N–H and O–H groups in total. The molecule has 1 saturated heterocycles. The van der Waals surface area contributed by atoms with Gasteiger partial charge in [0.2, 0.25) is 0 Å². The molecule has 122 valence electrons. The van der Waals surface area contributed by atoms with Gasteiger partial charge >= 0.3 is 0 Å². The van der Waals surface area contributed by atoms with Crippen molar-refractivity contribution in [3.8, 4) is 0 Å². The molecule has 6 heteroatoms. The average molecular weight is 333 g/mol. The highest BCUT2D eigenvalue weighted by atomic mass is 35.5. The van der Waals surface area contributed by atoms with Crippen LogP contribution in [0.25, 0.3) is 0 Å². The Morgan fingerprint density at radius 1 is 1.43 bits per heavy atom. The second-order valence-corrected chi connectivity index (χ2v) is 6.76. The third-order valence-corrected chi connectivity index (χ3v) is 4.73. The van der Waals surface area contributed by atoms with E-state index in [0.717, 1.165) is 30.8 Å². The fraction of sp³-hybridized carbons (Fsp3) is 0.471. The molecule has 1 aliphatic heterocycles. The molecule has 0 aliphatic carbocycles. The van der Waals surface area contributed by atoms with Crippen LogP contribution < -0.4 is 0 Å². The Balaban J connectivity index is 1.76. The number of rotatable bonds is 3. The number of benzene rings is 1. The highest BCUT2D eigenvalue weighted by Gasteiger charge is 2.27. The lowest BCUT2D eigenvalue weighted by atomic mass is 9.96. The summed E-state index contributed by atoms with van der Waals surface area (Å²) in [6, 6.07) is 5.62. The van der Waals surface area contributed by atoms with Crippen LogP contribution in [0.2, 0.25) is 5.02 Å². The van der Waals surface area contributed by atoms with Gasteiger partial charge in [-0.05, 0) is 36.5 Å². The Labute approximate surface area is 141 Å². The SMILES string of the molecule is CC(C)c1ccc(C(=O)N2CCCC(c3ncn[nH]3)C2)cc1Cl. The van der Waals surface area contributed by atoms with Gasteiger partial charge < -0.3 is 4.90 Å². The molecule has 23 heavy (non-hydrogen) atoms. The van der Waals surface area contributed by atoms with E-state index < -0.39 is 0 Å². The lowest BCUT2D eigenvalue weighted by Crippen LogP contribution is -2.39. The van der Waals surface area contributed by atoms with E-state index >= 15 is 0 Å². The van der Waals surface area contributed by atoms with E-state index in [0.29, 0.717) is 23.0 Å². The predicted octanol–water partition coefficient (Wildman–Crippen LogP) is 3.60. The number of nitrogens with zero attached hydrogens (tertiary/aromatic N) is 3. The minimum atomic E-state index is 0.0337. The van der Waals surface area contributed by atoms with E-state index in [1.165, 1.54) is 6.33 Å². The first-order valence-electron chi connectivity index (χ1n) is 8.00. The van der Waals surface area contributed by atoms with Crippen molar-refractivity contribution in [1.29, 1.82) is 0 Å². The molecule has 0 bridgehead atoms. The Bertz CT molecular complexity index is 684. The van der Waals surface area contributed by atoms with Gasteiger partial charge in [-0.15, -0.1) is 0 Å². The number of carbonyl (C=O) groups is 1. The average Bonchev–Trinajstić information content (AvgIpc) is 3.08. The van der Waals surface area contributed by atoms with Gasteiger partial charge in [-0.25, -0.2) is 4.98 Å². The predicted molar refractivity (Wildman–Crippen MR) is 89.8 cm³/mol. The van der Waals surface area contributed by atoms with Gasteiger partial charge in [-0.1, -0.05) is 31.5 Å². The number of H-pyrrole nitrogens is 1. The number of hydrogen-bond donors (Lipinski definition) is 1. The Hall–Kier alpha value is -1.88. The summed E-state index contributed by atoms with van der Waals surface area (Å²) in [5.41, 5.74) is 1.72. The number of piperidine rings is 1. The summed E-state index contributed by atoms with van der Waals surface area (Å²) < 4.78 is 0. The number of likely N-dealkylation sites (tertiary alicyclic amines) is 1. The monoisotopic (exact) mass is 332 g/mol. The van der Waals surface area contributed by atoms with Crippen molar-refractivity contribution in [2.24, 2.45) is 0 Å². The number of nitrogens with one attached hydrogen (secondary N) is 1. The maximum atomic E-state index is 12.8. The highest BCUT2D eigenvalue weighted by Crippen LogP contribution is 2.28. The number of amides is 1. The number of hydrogen-bond acceptors (Lipinski definition) is 3. The van der Waals surface area contributed by atoms with E-state index in [1.54, 1.807) is 6.07 Å². The molecule has 2 heterocycles. The van der Waals surface area contributed by atoms with Gasteiger partial charge in [-0.3, -0.25) is 9.89 Å². The molecular formula is C17H21ClN4O. The standard InChI is InChI=1S/C17H21ClN4O/c1-11(2)14-6-5-12(8-15(14)18)17(23)22-7-3-4-13(9-22)16-19-10-20-21-16/h5-6,8,10-11,13H,3-4,7,9H2,1-2H3,(H,19,20,21). The van der Waals surface area contributed by atoms with Crippen LogP contribution in [-0.4, -0.2) is 39.1 Å². The van der Waals surface area contributed by atoms with Crippen LogP contribution in [0.5, 0.6) is 0 Å². The van der Waals surface area contributed by atoms with Crippen molar-refractivity contribution in [1.82, 2.24) is 20.1 Å². The van der Waals surface area contributed by atoms with Crippen molar-refractivity contribution >= 4 is 17.5 Å². The van der Waals surface area contributed by atoms with Crippen molar-refractivity contribution in [2.45, 2.75) is 38.5 Å². The second kappa shape index (κ2) is 6.71. The summed E-state index contributed by atoms with van der Waals surface area (Å²) in [6.45, 7) is 5.62. The molecule has 0 radical (unpaired) electrons. The second-order valence-electron chi connectivity index (χ2n) is 6.35. The van der Waals surface area contributed by atoms with Gasteiger partial charge in [0.15, 0.2) is 0 Å². The van der Waals surface area contributed by atoms with Crippen molar-refractivity contribution < 1.29 is 4.79 Å². The molecule has 5 nitrogen and oxygen atoms in total. The highest BCUT2D eigenvalue weighted by molar-refractivity contribution is 6.31. The maximum absolute atomic E-state index is 12.8. The molecular weight excluding hydrogens is 312 g/mol. The van der Waals surface area contributed by atoms with E-state index in [1.807, 2.05) is 17.0 Å².